The standard InChI is InChI=1S/C14H23NO3/c1-4-17-13-7-6-12(10-14(13)18-5-2)11(3)15-8-9-16/h6-7,10-11,15-16H,4-5,8-9H2,1-3H3. The molecule has 0 radical (unpaired) electrons. The average Bonchev–Trinajstić information content (AvgIpc) is 2.38. The molecule has 0 amide bonds. The molecule has 0 heterocycles. The van der Waals surface area contributed by atoms with E-state index in [-0.39, 0.29) is 12.6 Å². The first-order valence-corrected chi connectivity index (χ1v) is 6.46. The Balaban J connectivity index is 2.84. The van der Waals surface area contributed by atoms with Crippen LogP contribution in [0.5, 0.6) is 11.5 Å². The van der Waals surface area contributed by atoms with Gasteiger partial charge in [-0.05, 0) is 38.5 Å². The minimum absolute atomic E-state index is 0.139. The molecule has 0 bridgehead atoms. The Morgan fingerprint density at radius 1 is 1.17 bits per heavy atom. The first-order chi connectivity index (χ1) is 8.72. The summed E-state index contributed by atoms with van der Waals surface area (Å²) >= 11 is 0. The van der Waals surface area contributed by atoms with E-state index in [2.05, 4.69) is 12.2 Å². The van der Waals surface area contributed by atoms with Gasteiger partial charge in [-0.2, -0.15) is 0 Å². The highest BCUT2D eigenvalue weighted by atomic mass is 16.5. The fraction of sp³-hybridized carbons (Fsp3) is 0.571. The molecule has 1 atom stereocenters. The van der Waals surface area contributed by atoms with Crippen molar-refractivity contribution >= 4 is 0 Å². The molecule has 4 nitrogen and oxygen atoms in total. The normalized spacial score (nSPS) is 12.2. The number of aliphatic hydroxyl groups excluding tert-OH is 1. The van der Waals surface area contributed by atoms with E-state index in [0.29, 0.717) is 19.8 Å². The Kier molecular flexibility index (Phi) is 6.54. The van der Waals surface area contributed by atoms with Crippen molar-refractivity contribution in [2.45, 2.75) is 26.8 Å². The van der Waals surface area contributed by atoms with Gasteiger partial charge in [-0.25, -0.2) is 0 Å². The van der Waals surface area contributed by atoms with Crippen LogP contribution in [-0.4, -0.2) is 31.5 Å². The van der Waals surface area contributed by atoms with Gasteiger partial charge >= 0.3 is 0 Å². The summed E-state index contributed by atoms with van der Waals surface area (Å²) in [4.78, 5) is 0. The lowest BCUT2D eigenvalue weighted by molar-refractivity contribution is 0.283. The SMILES string of the molecule is CCOc1ccc(C(C)NCCO)cc1OCC. The van der Waals surface area contributed by atoms with Crippen molar-refractivity contribution in [3.8, 4) is 11.5 Å². The van der Waals surface area contributed by atoms with E-state index >= 15 is 0 Å². The Morgan fingerprint density at radius 2 is 1.83 bits per heavy atom. The molecule has 2 N–H and O–H groups in total. The van der Waals surface area contributed by atoms with Crippen LogP contribution in [0.15, 0.2) is 18.2 Å². The second kappa shape index (κ2) is 7.95. The molecule has 0 spiro atoms. The number of hydrogen-bond donors (Lipinski definition) is 2. The molecule has 1 rings (SSSR count). The van der Waals surface area contributed by atoms with E-state index in [0.717, 1.165) is 17.1 Å². The van der Waals surface area contributed by atoms with Gasteiger partial charge in [0.1, 0.15) is 0 Å². The summed E-state index contributed by atoms with van der Waals surface area (Å²) in [5, 5.41) is 12.0. The van der Waals surface area contributed by atoms with Crippen LogP contribution >= 0.6 is 0 Å². The highest BCUT2D eigenvalue weighted by molar-refractivity contribution is 5.43. The molecule has 102 valence electrons. The maximum absolute atomic E-state index is 8.81. The Labute approximate surface area is 109 Å². The van der Waals surface area contributed by atoms with Crippen LogP contribution in [0.2, 0.25) is 0 Å². The van der Waals surface area contributed by atoms with E-state index in [4.69, 9.17) is 14.6 Å². The highest BCUT2D eigenvalue weighted by Crippen LogP contribution is 2.30. The first-order valence-electron chi connectivity index (χ1n) is 6.46. The number of hydrogen-bond acceptors (Lipinski definition) is 4. The van der Waals surface area contributed by atoms with Gasteiger partial charge in [0.15, 0.2) is 11.5 Å². The van der Waals surface area contributed by atoms with Crippen molar-refractivity contribution in [3.05, 3.63) is 23.8 Å². The lowest BCUT2D eigenvalue weighted by atomic mass is 10.1. The van der Waals surface area contributed by atoms with Gasteiger partial charge in [-0.3, -0.25) is 0 Å². The van der Waals surface area contributed by atoms with Crippen LogP contribution in [0, 0.1) is 0 Å². The zero-order valence-electron chi connectivity index (χ0n) is 11.4. The summed E-state index contributed by atoms with van der Waals surface area (Å²) in [6.07, 6.45) is 0. The third-order valence-electron chi connectivity index (χ3n) is 2.63. The number of benzene rings is 1. The predicted octanol–water partition coefficient (Wildman–Crippen LogP) is 2.13. The molecule has 0 fully saturated rings. The zero-order valence-corrected chi connectivity index (χ0v) is 11.4. The summed E-state index contributed by atoms with van der Waals surface area (Å²) in [6, 6.07) is 6.11. The Hall–Kier alpha value is -1.26. The van der Waals surface area contributed by atoms with E-state index in [1.165, 1.54) is 0 Å². The van der Waals surface area contributed by atoms with E-state index in [1.807, 2.05) is 32.0 Å². The molecule has 0 aromatic heterocycles. The third-order valence-corrected chi connectivity index (χ3v) is 2.63. The molecule has 18 heavy (non-hydrogen) atoms. The fourth-order valence-electron chi connectivity index (χ4n) is 1.74. The van der Waals surface area contributed by atoms with Crippen molar-refractivity contribution in [1.29, 1.82) is 0 Å². The van der Waals surface area contributed by atoms with Crippen molar-refractivity contribution in [2.75, 3.05) is 26.4 Å². The Bertz CT molecular complexity index is 355. The fourth-order valence-corrected chi connectivity index (χ4v) is 1.74. The second-order valence-corrected chi connectivity index (χ2v) is 3.97. The molecule has 0 aliphatic carbocycles. The van der Waals surface area contributed by atoms with Gasteiger partial charge in [-0.15, -0.1) is 0 Å². The second-order valence-electron chi connectivity index (χ2n) is 3.97. The van der Waals surface area contributed by atoms with Crippen LogP contribution in [0.1, 0.15) is 32.4 Å². The smallest absolute Gasteiger partial charge is 0.161 e. The molecule has 0 aliphatic heterocycles. The number of aliphatic hydroxyl groups is 1. The molecule has 1 unspecified atom stereocenters. The molecule has 1 aromatic rings. The number of rotatable bonds is 8. The molecule has 0 saturated carbocycles. The number of ether oxygens (including phenoxy) is 2. The van der Waals surface area contributed by atoms with Gasteiger partial charge in [0.2, 0.25) is 0 Å². The molecule has 4 heteroatoms. The largest absolute Gasteiger partial charge is 0.490 e. The van der Waals surface area contributed by atoms with Crippen molar-refractivity contribution < 1.29 is 14.6 Å². The lowest BCUT2D eigenvalue weighted by Gasteiger charge is -2.17. The summed E-state index contributed by atoms with van der Waals surface area (Å²) in [6.45, 7) is 7.92. The molecular formula is C14H23NO3. The summed E-state index contributed by atoms with van der Waals surface area (Å²) < 4.78 is 11.1. The quantitative estimate of drug-likeness (QED) is 0.745. The lowest BCUT2D eigenvalue weighted by Crippen LogP contribution is -2.22. The maximum atomic E-state index is 8.81. The topological polar surface area (TPSA) is 50.7 Å². The minimum atomic E-state index is 0.139. The van der Waals surface area contributed by atoms with E-state index in [9.17, 15) is 0 Å². The van der Waals surface area contributed by atoms with Crippen LogP contribution < -0.4 is 14.8 Å². The molecule has 1 aromatic carbocycles. The summed E-state index contributed by atoms with van der Waals surface area (Å²) in [7, 11) is 0. The van der Waals surface area contributed by atoms with Crippen LogP contribution in [0.4, 0.5) is 0 Å². The highest BCUT2D eigenvalue weighted by Gasteiger charge is 2.10. The van der Waals surface area contributed by atoms with E-state index < -0.39 is 0 Å². The minimum Gasteiger partial charge on any atom is -0.490 e. The molecule has 0 aliphatic rings. The monoisotopic (exact) mass is 253 g/mol. The van der Waals surface area contributed by atoms with Gasteiger partial charge in [-0.1, -0.05) is 6.07 Å². The van der Waals surface area contributed by atoms with Gasteiger partial charge in [0, 0.05) is 12.6 Å². The first kappa shape index (κ1) is 14.8. The van der Waals surface area contributed by atoms with Crippen LogP contribution in [0.3, 0.4) is 0 Å². The molecular weight excluding hydrogens is 230 g/mol. The van der Waals surface area contributed by atoms with Crippen LogP contribution in [-0.2, 0) is 0 Å². The van der Waals surface area contributed by atoms with Crippen LogP contribution in [0.25, 0.3) is 0 Å². The Morgan fingerprint density at radius 3 is 2.44 bits per heavy atom. The summed E-state index contributed by atoms with van der Waals surface area (Å²) in [5.41, 5.74) is 1.12. The van der Waals surface area contributed by atoms with Gasteiger partial charge in [0.05, 0.1) is 19.8 Å². The van der Waals surface area contributed by atoms with Crippen molar-refractivity contribution in [1.82, 2.24) is 5.32 Å². The average molecular weight is 253 g/mol. The number of nitrogens with one attached hydrogen (secondary N) is 1. The maximum Gasteiger partial charge on any atom is 0.161 e. The van der Waals surface area contributed by atoms with Gasteiger partial charge < -0.3 is 19.9 Å². The molecule has 0 saturated heterocycles. The predicted molar refractivity (Wildman–Crippen MR) is 72.3 cm³/mol. The third kappa shape index (κ3) is 4.20. The van der Waals surface area contributed by atoms with Crippen molar-refractivity contribution in [3.63, 3.8) is 0 Å². The van der Waals surface area contributed by atoms with E-state index in [1.54, 1.807) is 0 Å². The van der Waals surface area contributed by atoms with Gasteiger partial charge in [0.25, 0.3) is 0 Å². The summed E-state index contributed by atoms with van der Waals surface area (Å²) in [5.74, 6) is 1.55. The zero-order chi connectivity index (χ0) is 13.4. The van der Waals surface area contributed by atoms with Crippen molar-refractivity contribution in [2.24, 2.45) is 0 Å².